The van der Waals surface area contributed by atoms with Crippen LogP contribution >= 0.6 is 0 Å². The van der Waals surface area contributed by atoms with E-state index in [9.17, 15) is 14.4 Å². The summed E-state index contributed by atoms with van der Waals surface area (Å²) in [6.07, 6.45) is 5.07. The molecule has 0 aliphatic carbocycles. The van der Waals surface area contributed by atoms with Crippen molar-refractivity contribution in [2.24, 2.45) is 0 Å². The summed E-state index contributed by atoms with van der Waals surface area (Å²) in [7, 11) is 0. The molecule has 0 spiro atoms. The topological polar surface area (TPSA) is 108 Å². The average molecular weight is 297 g/mol. The minimum absolute atomic E-state index is 0.0722. The second-order valence-corrected chi connectivity index (χ2v) is 4.44. The number of amides is 3. The maximum atomic E-state index is 11.8. The largest absolute Gasteiger partial charge is 0.480 e. The van der Waals surface area contributed by atoms with E-state index in [2.05, 4.69) is 16.6 Å². The predicted molar refractivity (Wildman–Crippen MR) is 73.4 cm³/mol. The third-order valence-corrected chi connectivity index (χ3v) is 2.91. The van der Waals surface area contributed by atoms with Gasteiger partial charge in [0.1, 0.15) is 6.04 Å². The van der Waals surface area contributed by atoms with Crippen LogP contribution in [-0.2, 0) is 14.3 Å². The van der Waals surface area contributed by atoms with Crippen LogP contribution in [0.3, 0.4) is 0 Å². The molecule has 1 rings (SSSR count). The second-order valence-electron chi connectivity index (χ2n) is 4.44. The summed E-state index contributed by atoms with van der Waals surface area (Å²) >= 11 is 0. The van der Waals surface area contributed by atoms with Crippen LogP contribution < -0.4 is 10.6 Å². The van der Waals surface area contributed by atoms with Crippen molar-refractivity contribution in [3.63, 3.8) is 0 Å². The van der Waals surface area contributed by atoms with Gasteiger partial charge in [0, 0.05) is 32.5 Å². The van der Waals surface area contributed by atoms with E-state index < -0.39 is 18.0 Å². The summed E-state index contributed by atoms with van der Waals surface area (Å²) in [4.78, 5) is 35.8. The minimum atomic E-state index is -1.20. The monoisotopic (exact) mass is 297 g/mol. The Bertz CT molecular complexity index is 426. The Morgan fingerprint density at radius 1 is 1.33 bits per heavy atom. The molecule has 1 unspecified atom stereocenters. The zero-order valence-corrected chi connectivity index (χ0v) is 11.6. The van der Waals surface area contributed by atoms with Gasteiger partial charge in [-0.15, -0.1) is 12.3 Å². The molecule has 1 aliphatic heterocycles. The highest BCUT2D eigenvalue weighted by Gasteiger charge is 2.19. The first-order chi connectivity index (χ1) is 10.0. The van der Waals surface area contributed by atoms with Crippen LogP contribution in [-0.4, -0.2) is 66.8 Å². The first-order valence-corrected chi connectivity index (χ1v) is 6.60. The molecule has 8 heteroatoms. The number of hydrogen-bond donors (Lipinski definition) is 3. The lowest BCUT2D eigenvalue weighted by molar-refractivity contribution is -0.139. The smallest absolute Gasteiger partial charge is 0.327 e. The Labute approximate surface area is 122 Å². The molecule has 0 aromatic heterocycles. The number of terminal acetylenes is 1. The maximum absolute atomic E-state index is 11.8. The van der Waals surface area contributed by atoms with Crippen molar-refractivity contribution in [2.45, 2.75) is 18.9 Å². The van der Waals surface area contributed by atoms with E-state index >= 15 is 0 Å². The van der Waals surface area contributed by atoms with Gasteiger partial charge >= 0.3 is 12.0 Å². The molecular formula is C13H19N3O5. The van der Waals surface area contributed by atoms with Crippen LogP contribution in [0.15, 0.2) is 0 Å². The highest BCUT2D eigenvalue weighted by molar-refractivity contribution is 5.83. The summed E-state index contributed by atoms with van der Waals surface area (Å²) in [6.45, 7) is 2.27. The average Bonchev–Trinajstić information content (AvgIpc) is 2.47. The summed E-state index contributed by atoms with van der Waals surface area (Å²) < 4.78 is 5.14. The number of carbonyl (C=O) groups excluding carboxylic acids is 2. The van der Waals surface area contributed by atoms with Crippen LogP contribution in [0.1, 0.15) is 12.8 Å². The molecule has 8 nitrogen and oxygen atoms in total. The van der Waals surface area contributed by atoms with E-state index in [-0.39, 0.29) is 25.3 Å². The van der Waals surface area contributed by atoms with E-state index in [1.54, 1.807) is 4.90 Å². The number of aliphatic carboxylic acids is 1. The molecule has 21 heavy (non-hydrogen) atoms. The van der Waals surface area contributed by atoms with Crippen LogP contribution in [0.25, 0.3) is 0 Å². The van der Waals surface area contributed by atoms with E-state index in [1.165, 1.54) is 0 Å². The highest BCUT2D eigenvalue weighted by Crippen LogP contribution is 1.99. The molecule has 0 saturated carbocycles. The standard InChI is InChI=1S/C13H19N3O5/c1-2-3-10(12(18)19)15-13(20)14-5-4-11(17)16-6-8-21-9-7-16/h1,10H,3-9H2,(H,18,19)(H2,14,15,20). The lowest BCUT2D eigenvalue weighted by Gasteiger charge is -2.26. The number of carbonyl (C=O) groups is 3. The Balaban J connectivity index is 2.24. The Kier molecular flexibility index (Phi) is 7.04. The number of rotatable bonds is 6. The molecule has 0 radical (unpaired) electrons. The first-order valence-electron chi connectivity index (χ1n) is 6.60. The maximum Gasteiger partial charge on any atom is 0.327 e. The summed E-state index contributed by atoms with van der Waals surface area (Å²) in [5.74, 6) is 0.902. The molecule has 116 valence electrons. The molecule has 3 N–H and O–H groups in total. The number of nitrogens with one attached hydrogen (secondary N) is 2. The SMILES string of the molecule is C#CCC(NC(=O)NCCC(=O)N1CCOCC1)C(=O)O. The third-order valence-electron chi connectivity index (χ3n) is 2.91. The zero-order valence-electron chi connectivity index (χ0n) is 11.6. The van der Waals surface area contributed by atoms with Gasteiger partial charge in [0.15, 0.2) is 0 Å². The summed E-state index contributed by atoms with van der Waals surface area (Å²) in [5, 5.41) is 13.5. The van der Waals surface area contributed by atoms with Crippen LogP contribution in [0.4, 0.5) is 4.79 Å². The number of morpholine rings is 1. The van der Waals surface area contributed by atoms with Crippen molar-refractivity contribution in [2.75, 3.05) is 32.8 Å². The van der Waals surface area contributed by atoms with E-state index in [1.807, 2.05) is 0 Å². The number of ether oxygens (including phenoxy) is 1. The van der Waals surface area contributed by atoms with E-state index in [0.29, 0.717) is 26.3 Å². The van der Waals surface area contributed by atoms with Crippen molar-refractivity contribution in [3.05, 3.63) is 0 Å². The van der Waals surface area contributed by atoms with Gasteiger partial charge in [-0.05, 0) is 0 Å². The van der Waals surface area contributed by atoms with Gasteiger partial charge in [-0.1, -0.05) is 0 Å². The van der Waals surface area contributed by atoms with Crippen molar-refractivity contribution in [1.82, 2.24) is 15.5 Å². The number of carboxylic acid groups (broad SMARTS) is 1. The normalized spacial score (nSPS) is 15.7. The molecule has 0 aromatic carbocycles. The molecule has 1 aliphatic rings. The molecule has 1 saturated heterocycles. The molecule has 0 bridgehead atoms. The van der Waals surface area contributed by atoms with E-state index in [0.717, 1.165) is 0 Å². The van der Waals surface area contributed by atoms with Gasteiger partial charge in [0.05, 0.1) is 13.2 Å². The summed E-state index contributed by atoms with van der Waals surface area (Å²) in [6, 6.07) is -1.79. The van der Waals surface area contributed by atoms with Crippen molar-refractivity contribution in [1.29, 1.82) is 0 Å². The molecule has 1 atom stereocenters. The number of carboxylic acids is 1. The molecule has 0 aromatic rings. The van der Waals surface area contributed by atoms with Crippen LogP contribution in [0, 0.1) is 12.3 Å². The fourth-order valence-electron chi connectivity index (χ4n) is 1.78. The molecule has 1 fully saturated rings. The Morgan fingerprint density at radius 3 is 2.57 bits per heavy atom. The molecule has 3 amide bonds. The Morgan fingerprint density at radius 2 is 2.00 bits per heavy atom. The lowest BCUT2D eigenvalue weighted by Crippen LogP contribution is -2.47. The second kappa shape index (κ2) is 8.81. The van der Waals surface area contributed by atoms with E-state index in [4.69, 9.17) is 16.3 Å². The predicted octanol–water partition coefficient (Wildman–Crippen LogP) is -0.989. The first kappa shape index (κ1) is 16.8. The van der Waals surface area contributed by atoms with Crippen LogP contribution in [0.2, 0.25) is 0 Å². The number of hydrogen-bond acceptors (Lipinski definition) is 4. The van der Waals surface area contributed by atoms with Crippen molar-refractivity contribution in [3.8, 4) is 12.3 Å². The number of nitrogens with zero attached hydrogens (tertiary/aromatic N) is 1. The van der Waals surface area contributed by atoms with Crippen molar-refractivity contribution < 1.29 is 24.2 Å². The van der Waals surface area contributed by atoms with Gasteiger partial charge in [-0.25, -0.2) is 9.59 Å². The Hall–Kier alpha value is -2.27. The van der Waals surface area contributed by atoms with Gasteiger partial charge in [0.25, 0.3) is 0 Å². The fraction of sp³-hybridized carbons (Fsp3) is 0.615. The van der Waals surface area contributed by atoms with Gasteiger partial charge < -0.3 is 25.4 Å². The lowest BCUT2D eigenvalue weighted by atomic mass is 10.2. The third kappa shape index (κ3) is 6.14. The minimum Gasteiger partial charge on any atom is -0.480 e. The van der Waals surface area contributed by atoms with Gasteiger partial charge in [-0.2, -0.15) is 0 Å². The van der Waals surface area contributed by atoms with Crippen LogP contribution in [0.5, 0.6) is 0 Å². The summed E-state index contributed by atoms with van der Waals surface area (Å²) in [5.41, 5.74) is 0. The highest BCUT2D eigenvalue weighted by atomic mass is 16.5. The molecular weight excluding hydrogens is 278 g/mol. The van der Waals surface area contributed by atoms with Crippen molar-refractivity contribution >= 4 is 17.9 Å². The van der Waals surface area contributed by atoms with Gasteiger partial charge in [0.2, 0.25) is 5.91 Å². The van der Waals surface area contributed by atoms with Gasteiger partial charge in [-0.3, -0.25) is 4.79 Å². The fourth-order valence-corrected chi connectivity index (χ4v) is 1.78. The zero-order chi connectivity index (χ0) is 15.7. The quantitative estimate of drug-likeness (QED) is 0.546. The molecule has 1 heterocycles. The number of urea groups is 1.